The Balaban J connectivity index is 2.66. The first-order valence-electron chi connectivity index (χ1n) is 4.65. The third-order valence-electron chi connectivity index (χ3n) is 1.72. The summed E-state index contributed by atoms with van der Waals surface area (Å²) in [5, 5.41) is 2.07. The van der Waals surface area contributed by atoms with Gasteiger partial charge in [-0.15, -0.1) is 0 Å². The number of ether oxygens (including phenoxy) is 1. The Kier molecular flexibility index (Phi) is 3.98. The molecule has 0 bridgehead atoms. The van der Waals surface area contributed by atoms with E-state index in [4.69, 9.17) is 4.74 Å². The molecule has 6 heteroatoms. The lowest BCUT2D eigenvalue weighted by Crippen LogP contribution is -2.21. The summed E-state index contributed by atoms with van der Waals surface area (Å²) in [7, 11) is 0. The molecule has 1 rings (SSSR count). The van der Waals surface area contributed by atoms with E-state index in [0.29, 0.717) is 6.61 Å². The molecule has 1 N–H and O–H groups in total. The van der Waals surface area contributed by atoms with E-state index in [1.165, 1.54) is 12.1 Å². The van der Waals surface area contributed by atoms with Crippen LogP contribution in [0.3, 0.4) is 0 Å². The van der Waals surface area contributed by atoms with Gasteiger partial charge in [0, 0.05) is 11.8 Å². The van der Waals surface area contributed by atoms with Gasteiger partial charge >= 0.3 is 6.18 Å². The molecule has 0 heterocycles. The van der Waals surface area contributed by atoms with Crippen molar-refractivity contribution >= 4 is 5.69 Å². The number of rotatable bonds is 4. The molecule has 0 aliphatic rings. The zero-order valence-electron chi connectivity index (χ0n) is 8.57. The zero-order chi connectivity index (χ0) is 12.2. The molecule has 0 saturated carbocycles. The van der Waals surface area contributed by atoms with E-state index in [9.17, 15) is 17.6 Å². The standard InChI is InChI=1S/C10H11F4NO/c1-2-16-9-4-3-7(5-8(9)11)15-6-10(12,13)14/h3-5,15H,2,6H2,1H3. The van der Waals surface area contributed by atoms with Crippen molar-refractivity contribution in [3.63, 3.8) is 0 Å². The van der Waals surface area contributed by atoms with Gasteiger partial charge in [-0.1, -0.05) is 0 Å². The van der Waals surface area contributed by atoms with E-state index < -0.39 is 18.5 Å². The topological polar surface area (TPSA) is 21.3 Å². The maximum absolute atomic E-state index is 13.2. The van der Waals surface area contributed by atoms with Crippen molar-refractivity contribution in [2.24, 2.45) is 0 Å². The maximum atomic E-state index is 13.2. The lowest BCUT2D eigenvalue weighted by Gasteiger charge is -2.10. The van der Waals surface area contributed by atoms with E-state index in [2.05, 4.69) is 5.32 Å². The molecule has 0 aliphatic heterocycles. The average molecular weight is 237 g/mol. The van der Waals surface area contributed by atoms with Gasteiger partial charge in [0.15, 0.2) is 11.6 Å². The van der Waals surface area contributed by atoms with Crippen molar-refractivity contribution in [2.75, 3.05) is 18.5 Å². The highest BCUT2D eigenvalue weighted by molar-refractivity contribution is 5.47. The minimum absolute atomic E-state index is 0.0278. The molecule has 16 heavy (non-hydrogen) atoms. The Morgan fingerprint density at radius 3 is 2.50 bits per heavy atom. The van der Waals surface area contributed by atoms with Gasteiger partial charge in [-0.25, -0.2) is 4.39 Å². The summed E-state index contributed by atoms with van der Waals surface area (Å²) in [5.74, 6) is -0.658. The van der Waals surface area contributed by atoms with Crippen LogP contribution in [0.15, 0.2) is 18.2 Å². The smallest absolute Gasteiger partial charge is 0.405 e. The first-order chi connectivity index (χ1) is 7.42. The van der Waals surface area contributed by atoms with Crippen molar-refractivity contribution in [1.82, 2.24) is 0 Å². The van der Waals surface area contributed by atoms with Crippen molar-refractivity contribution in [2.45, 2.75) is 13.1 Å². The second-order valence-electron chi connectivity index (χ2n) is 3.05. The summed E-state index contributed by atoms with van der Waals surface area (Å²) in [6.45, 7) is 0.794. The molecule has 0 radical (unpaired) electrons. The third kappa shape index (κ3) is 3.96. The Morgan fingerprint density at radius 2 is 2.00 bits per heavy atom. The van der Waals surface area contributed by atoms with Crippen molar-refractivity contribution < 1.29 is 22.3 Å². The van der Waals surface area contributed by atoms with E-state index in [1.54, 1.807) is 6.92 Å². The van der Waals surface area contributed by atoms with Crippen molar-refractivity contribution in [3.05, 3.63) is 24.0 Å². The molecular formula is C10H11F4NO. The molecule has 0 aromatic heterocycles. The fourth-order valence-corrected chi connectivity index (χ4v) is 1.09. The number of hydrogen-bond donors (Lipinski definition) is 1. The molecule has 2 nitrogen and oxygen atoms in total. The summed E-state index contributed by atoms with van der Waals surface area (Å²) in [6.07, 6.45) is -4.32. The lowest BCUT2D eigenvalue weighted by atomic mass is 10.3. The zero-order valence-corrected chi connectivity index (χ0v) is 8.57. The van der Waals surface area contributed by atoms with Crippen LogP contribution in [0.5, 0.6) is 5.75 Å². The summed E-state index contributed by atoms with van der Waals surface area (Å²) in [5.41, 5.74) is 0.0679. The van der Waals surface area contributed by atoms with E-state index in [-0.39, 0.29) is 11.4 Å². The first-order valence-corrected chi connectivity index (χ1v) is 4.65. The molecule has 1 aromatic rings. The second kappa shape index (κ2) is 5.05. The maximum Gasteiger partial charge on any atom is 0.405 e. The first kappa shape index (κ1) is 12.6. The van der Waals surface area contributed by atoms with E-state index >= 15 is 0 Å². The summed E-state index contributed by atoms with van der Waals surface area (Å²) in [4.78, 5) is 0. The number of anilines is 1. The van der Waals surface area contributed by atoms with Gasteiger partial charge in [-0.2, -0.15) is 13.2 Å². The SMILES string of the molecule is CCOc1ccc(NCC(F)(F)F)cc1F. The van der Waals surface area contributed by atoms with Crippen LogP contribution in [0.1, 0.15) is 6.92 Å². The predicted molar refractivity (Wildman–Crippen MR) is 52.1 cm³/mol. The van der Waals surface area contributed by atoms with Gasteiger partial charge in [0.1, 0.15) is 6.54 Å². The van der Waals surface area contributed by atoms with Gasteiger partial charge < -0.3 is 10.1 Å². The molecule has 0 unspecified atom stereocenters. The predicted octanol–water partition coefficient (Wildman–Crippen LogP) is 3.20. The Labute approximate surface area is 90.2 Å². The van der Waals surface area contributed by atoms with Gasteiger partial charge in [0.2, 0.25) is 0 Å². The lowest BCUT2D eigenvalue weighted by molar-refractivity contribution is -0.115. The third-order valence-corrected chi connectivity index (χ3v) is 1.72. The minimum atomic E-state index is -4.32. The van der Waals surface area contributed by atoms with Gasteiger partial charge in [-0.3, -0.25) is 0 Å². The van der Waals surface area contributed by atoms with Crippen LogP contribution in [0, 0.1) is 5.82 Å². The van der Waals surface area contributed by atoms with Crippen molar-refractivity contribution in [3.8, 4) is 5.75 Å². The summed E-state index contributed by atoms with van der Waals surface area (Å²) >= 11 is 0. The summed E-state index contributed by atoms with van der Waals surface area (Å²) < 4.78 is 53.7. The number of alkyl halides is 3. The van der Waals surface area contributed by atoms with E-state index in [1.807, 2.05) is 0 Å². The largest absolute Gasteiger partial charge is 0.491 e. The number of benzene rings is 1. The van der Waals surface area contributed by atoms with Crippen LogP contribution in [0.2, 0.25) is 0 Å². The molecule has 0 aliphatic carbocycles. The molecule has 0 fully saturated rings. The highest BCUT2D eigenvalue weighted by Crippen LogP contribution is 2.22. The number of halogens is 4. The Morgan fingerprint density at radius 1 is 1.31 bits per heavy atom. The van der Waals surface area contributed by atoms with Crippen LogP contribution in [-0.2, 0) is 0 Å². The van der Waals surface area contributed by atoms with Crippen LogP contribution in [0.25, 0.3) is 0 Å². The highest BCUT2D eigenvalue weighted by atomic mass is 19.4. The average Bonchev–Trinajstić information content (AvgIpc) is 2.18. The molecular weight excluding hydrogens is 226 g/mol. The quantitative estimate of drug-likeness (QED) is 0.812. The fraction of sp³-hybridized carbons (Fsp3) is 0.400. The monoisotopic (exact) mass is 237 g/mol. The Hall–Kier alpha value is -1.46. The Bertz CT molecular complexity index is 351. The molecule has 0 atom stereocenters. The van der Waals surface area contributed by atoms with E-state index in [0.717, 1.165) is 6.07 Å². The highest BCUT2D eigenvalue weighted by Gasteiger charge is 2.26. The van der Waals surface area contributed by atoms with Gasteiger partial charge in [0.05, 0.1) is 6.61 Å². The molecule has 0 amide bonds. The second-order valence-corrected chi connectivity index (χ2v) is 3.05. The van der Waals surface area contributed by atoms with Crippen LogP contribution >= 0.6 is 0 Å². The number of nitrogens with one attached hydrogen (secondary N) is 1. The minimum Gasteiger partial charge on any atom is -0.491 e. The fourth-order valence-electron chi connectivity index (χ4n) is 1.09. The normalized spacial score (nSPS) is 11.3. The molecule has 0 spiro atoms. The molecule has 90 valence electrons. The van der Waals surface area contributed by atoms with Crippen molar-refractivity contribution in [1.29, 1.82) is 0 Å². The van der Waals surface area contributed by atoms with Crippen LogP contribution in [0.4, 0.5) is 23.2 Å². The van der Waals surface area contributed by atoms with Crippen LogP contribution in [-0.4, -0.2) is 19.3 Å². The van der Waals surface area contributed by atoms with Gasteiger partial charge in [-0.05, 0) is 19.1 Å². The number of hydrogen-bond acceptors (Lipinski definition) is 2. The van der Waals surface area contributed by atoms with Gasteiger partial charge in [0.25, 0.3) is 0 Å². The molecule has 1 aromatic carbocycles. The molecule has 0 saturated heterocycles. The van der Waals surface area contributed by atoms with Crippen LogP contribution < -0.4 is 10.1 Å². The summed E-state index contributed by atoms with van der Waals surface area (Å²) in [6, 6.07) is 3.59.